The SMILES string of the molecule is CC(C)N=C(NCCCCNC(=NC(C)C)NC(C)C)NC(C)C. The van der Waals surface area contributed by atoms with E-state index in [9.17, 15) is 0 Å². The average Bonchev–Trinajstić information content (AvgIpc) is 2.39. The number of hydrogen-bond donors (Lipinski definition) is 4. The van der Waals surface area contributed by atoms with Crippen molar-refractivity contribution in [2.24, 2.45) is 9.98 Å². The van der Waals surface area contributed by atoms with Crippen molar-refractivity contribution in [3.63, 3.8) is 0 Å². The maximum absolute atomic E-state index is 4.58. The summed E-state index contributed by atoms with van der Waals surface area (Å²) in [5, 5.41) is 13.5. The van der Waals surface area contributed by atoms with E-state index in [1.54, 1.807) is 0 Å². The van der Waals surface area contributed by atoms with Gasteiger partial charge in [0.1, 0.15) is 0 Å². The van der Waals surface area contributed by atoms with Crippen molar-refractivity contribution in [3.05, 3.63) is 0 Å². The zero-order valence-corrected chi connectivity index (χ0v) is 17.0. The van der Waals surface area contributed by atoms with Crippen LogP contribution in [-0.4, -0.2) is 49.2 Å². The third kappa shape index (κ3) is 14.2. The van der Waals surface area contributed by atoms with Crippen LogP contribution >= 0.6 is 0 Å². The highest BCUT2D eigenvalue weighted by Crippen LogP contribution is 1.91. The number of unbranched alkanes of at least 4 members (excludes halogenated alkanes) is 1. The molecule has 0 radical (unpaired) electrons. The molecule has 24 heavy (non-hydrogen) atoms. The minimum Gasteiger partial charge on any atom is -0.356 e. The third-order valence-corrected chi connectivity index (χ3v) is 2.81. The Morgan fingerprint density at radius 2 is 0.958 bits per heavy atom. The number of hydrogen-bond acceptors (Lipinski definition) is 2. The Morgan fingerprint density at radius 3 is 1.21 bits per heavy atom. The highest BCUT2D eigenvalue weighted by Gasteiger charge is 2.03. The fourth-order valence-corrected chi connectivity index (χ4v) is 1.99. The van der Waals surface area contributed by atoms with Gasteiger partial charge in [-0.2, -0.15) is 0 Å². The maximum atomic E-state index is 4.58. The number of rotatable bonds is 9. The number of aliphatic imine (C=N–C) groups is 2. The first kappa shape index (κ1) is 22.5. The summed E-state index contributed by atoms with van der Waals surface area (Å²) in [6.45, 7) is 18.7. The molecule has 0 heterocycles. The molecule has 0 rings (SSSR count). The Hall–Kier alpha value is -1.46. The summed E-state index contributed by atoms with van der Waals surface area (Å²) >= 11 is 0. The van der Waals surface area contributed by atoms with Gasteiger partial charge in [-0.3, -0.25) is 9.98 Å². The van der Waals surface area contributed by atoms with Gasteiger partial charge in [0.25, 0.3) is 0 Å². The molecule has 6 heteroatoms. The van der Waals surface area contributed by atoms with Gasteiger partial charge in [-0.1, -0.05) is 0 Å². The molecule has 4 N–H and O–H groups in total. The van der Waals surface area contributed by atoms with Crippen LogP contribution in [0.25, 0.3) is 0 Å². The van der Waals surface area contributed by atoms with E-state index in [1.807, 2.05) is 0 Å². The molecule has 0 spiro atoms. The van der Waals surface area contributed by atoms with E-state index in [1.165, 1.54) is 0 Å². The van der Waals surface area contributed by atoms with Crippen molar-refractivity contribution in [1.29, 1.82) is 0 Å². The van der Waals surface area contributed by atoms with Gasteiger partial charge in [-0.05, 0) is 68.2 Å². The van der Waals surface area contributed by atoms with Crippen LogP contribution in [0.15, 0.2) is 9.98 Å². The van der Waals surface area contributed by atoms with E-state index in [-0.39, 0.29) is 12.1 Å². The van der Waals surface area contributed by atoms with Crippen molar-refractivity contribution in [2.45, 2.75) is 92.4 Å². The van der Waals surface area contributed by atoms with Gasteiger partial charge in [0.2, 0.25) is 0 Å². The molecule has 0 bridgehead atoms. The molecule has 0 aromatic heterocycles. The van der Waals surface area contributed by atoms with E-state index in [0.717, 1.165) is 37.9 Å². The Bertz CT molecular complexity index is 336. The summed E-state index contributed by atoms with van der Waals surface area (Å²) in [5.74, 6) is 1.80. The van der Waals surface area contributed by atoms with Crippen molar-refractivity contribution >= 4 is 11.9 Å². The molecule has 0 saturated heterocycles. The van der Waals surface area contributed by atoms with Gasteiger partial charge in [0.15, 0.2) is 11.9 Å². The summed E-state index contributed by atoms with van der Waals surface area (Å²) < 4.78 is 0. The van der Waals surface area contributed by atoms with Crippen LogP contribution < -0.4 is 21.3 Å². The molecule has 0 amide bonds. The van der Waals surface area contributed by atoms with E-state index in [0.29, 0.717) is 12.1 Å². The first-order valence-corrected chi connectivity index (χ1v) is 9.37. The summed E-state index contributed by atoms with van der Waals surface area (Å²) in [7, 11) is 0. The number of nitrogens with zero attached hydrogens (tertiary/aromatic N) is 2. The second kappa shape index (κ2) is 12.9. The fourth-order valence-electron chi connectivity index (χ4n) is 1.99. The second-order valence-electron chi connectivity index (χ2n) is 7.30. The molecule has 0 aliphatic rings. The molecule has 0 atom stereocenters. The van der Waals surface area contributed by atoms with Crippen molar-refractivity contribution < 1.29 is 0 Å². The van der Waals surface area contributed by atoms with Gasteiger partial charge >= 0.3 is 0 Å². The zero-order chi connectivity index (χ0) is 18.5. The minimum atomic E-state index is 0.289. The molecule has 6 nitrogen and oxygen atoms in total. The van der Waals surface area contributed by atoms with Crippen LogP contribution in [0.3, 0.4) is 0 Å². The van der Waals surface area contributed by atoms with Crippen LogP contribution in [0, 0.1) is 0 Å². The molecule has 0 aromatic rings. The first-order valence-electron chi connectivity index (χ1n) is 9.37. The predicted molar refractivity (Wildman–Crippen MR) is 107 cm³/mol. The summed E-state index contributed by atoms with van der Waals surface area (Å²) in [6.07, 6.45) is 2.17. The van der Waals surface area contributed by atoms with Crippen LogP contribution in [-0.2, 0) is 0 Å². The standard InChI is InChI=1S/C18H40N6/c1-13(2)21-17(22-14(3)4)19-11-9-10-12-20-18(23-15(5)6)24-16(7)8/h13-16H,9-12H2,1-8H3,(H2,19,21,22)(H2,20,23,24). The fraction of sp³-hybridized carbons (Fsp3) is 0.889. The normalized spacial score (nSPS) is 13.2. The monoisotopic (exact) mass is 340 g/mol. The van der Waals surface area contributed by atoms with E-state index < -0.39 is 0 Å². The lowest BCUT2D eigenvalue weighted by Gasteiger charge is -2.17. The number of nitrogens with one attached hydrogen (secondary N) is 4. The van der Waals surface area contributed by atoms with Crippen LogP contribution in [0.5, 0.6) is 0 Å². The number of guanidine groups is 2. The Kier molecular flexibility index (Phi) is 12.1. The van der Waals surface area contributed by atoms with Gasteiger partial charge < -0.3 is 21.3 Å². The third-order valence-electron chi connectivity index (χ3n) is 2.81. The molecule has 0 unspecified atom stereocenters. The van der Waals surface area contributed by atoms with E-state index >= 15 is 0 Å². The highest BCUT2D eigenvalue weighted by atomic mass is 15.2. The maximum Gasteiger partial charge on any atom is 0.191 e. The summed E-state index contributed by atoms with van der Waals surface area (Å²) in [6, 6.07) is 1.34. The lowest BCUT2D eigenvalue weighted by Crippen LogP contribution is -2.43. The highest BCUT2D eigenvalue weighted by molar-refractivity contribution is 5.80. The van der Waals surface area contributed by atoms with Gasteiger partial charge in [0.05, 0.1) is 0 Å². The minimum absolute atomic E-state index is 0.289. The van der Waals surface area contributed by atoms with Crippen molar-refractivity contribution in [3.8, 4) is 0 Å². The van der Waals surface area contributed by atoms with Crippen molar-refractivity contribution in [1.82, 2.24) is 21.3 Å². The average molecular weight is 341 g/mol. The van der Waals surface area contributed by atoms with Gasteiger partial charge in [0, 0.05) is 37.3 Å². The molecule has 0 fully saturated rings. The zero-order valence-electron chi connectivity index (χ0n) is 17.0. The largest absolute Gasteiger partial charge is 0.356 e. The topological polar surface area (TPSA) is 72.8 Å². The Balaban J connectivity index is 4.10. The van der Waals surface area contributed by atoms with Gasteiger partial charge in [-0.25, -0.2) is 0 Å². The Labute approximate surface area is 149 Å². The molecule has 142 valence electrons. The van der Waals surface area contributed by atoms with Crippen LogP contribution in [0.4, 0.5) is 0 Å². The van der Waals surface area contributed by atoms with Gasteiger partial charge in [-0.15, -0.1) is 0 Å². The molecule has 0 aromatic carbocycles. The first-order chi connectivity index (χ1) is 11.2. The quantitative estimate of drug-likeness (QED) is 0.296. The molecular weight excluding hydrogens is 300 g/mol. The van der Waals surface area contributed by atoms with Crippen molar-refractivity contribution in [2.75, 3.05) is 13.1 Å². The van der Waals surface area contributed by atoms with E-state index in [4.69, 9.17) is 0 Å². The lowest BCUT2D eigenvalue weighted by molar-refractivity contribution is 0.636. The summed E-state index contributed by atoms with van der Waals surface area (Å²) in [5.41, 5.74) is 0. The second-order valence-corrected chi connectivity index (χ2v) is 7.30. The van der Waals surface area contributed by atoms with Crippen LogP contribution in [0.1, 0.15) is 68.2 Å². The predicted octanol–water partition coefficient (Wildman–Crippen LogP) is 2.47. The molecule has 0 saturated carbocycles. The smallest absolute Gasteiger partial charge is 0.191 e. The van der Waals surface area contributed by atoms with E-state index in [2.05, 4.69) is 86.6 Å². The molecular formula is C18H40N6. The molecule has 0 aliphatic carbocycles. The lowest BCUT2D eigenvalue weighted by atomic mass is 10.3. The summed E-state index contributed by atoms with van der Waals surface area (Å²) in [4.78, 5) is 9.16. The Morgan fingerprint density at radius 1 is 0.625 bits per heavy atom. The molecule has 0 aliphatic heterocycles. The van der Waals surface area contributed by atoms with Crippen LogP contribution in [0.2, 0.25) is 0 Å².